The van der Waals surface area contributed by atoms with Gasteiger partial charge in [-0.15, -0.1) is 11.3 Å². The van der Waals surface area contributed by atoms with Gasteiger partial charge in [0.25, 0.3) is 11.5 Å². The van der Waals surface area contributed by atoms with Crippen LogP contribution in [0.4, 0.5) is 10.1 Å². The molecule has 3 aromatic rings. The van der Waals surface area contributed by atoms with E-state index in [1.807, 2.05) is 32.9 Å². The average Bonchev–Trinajstić information content (AvgIpc) is 3.04. The number of carbonyl (C=O) groups excluding carboxylic acids is 2. The molecular weight excluding hydrogens is 441 g/mol. The van der Waals surface area contributed by atoms with Gasteiger partial charge in [0.15, 0.2) is 0 Å². The van der Waals surface area contributed by atoms with Crippen molar-refractivity contribution >= 4 is 41.0 Å². The second kappa shape index (κ2) is 10.9. The number of anilines is 1. The van der Waals surface area contributed by atoms with Crippen molar-refractivity contribution in [3.05, 3.63) is 85.0 Å². The summed E-state index contributed by atoms with van der Waals surface area (Å²) in [5, 5.41) is 5.56. The van der Waals surface area contributed by atoms with Gasteiger partial charge < -0.3 is 10.6 Å². The smallest absolute Gasteiger partial charge is 0.269 e. The van der Waals surface area contributed by atoms with E-state index >= 15 is 0 Å². The Hall–Kier alpha value is -3.52. The highest BCUT2D eigenvalue weighted by Gasteiger charge is 2.11. The van der Waals surface area contributed by atoms with Crippen molar-refractivity contribution in [2.24, 2.45) is 5.92 Å². The van der Waals surface area contributed by atoms with Crippen LogP contribution in [-0.4, -0.2) is 22.9 Å². The van der Waals surface area contributed by atoms with E-state index in [1.165, 1.54) is 22.8 Å². The zero-order valence-electron chi connectivity index (χ0n) is 18.7. The first kappa shape index (κ1) is 24.1. The minimum Gasteiger partial charge on any atom is -0.354 e. The van der Waals surface area contributed by atoms with Gasteiger partial charge in [0.2, 0.25) is 5.91 Å². The largest absolute Gasteiger partial charge is 0.354 e. The molecular formula is C25H26FN3O3S. The molecule has 2 aromatic carbocycles. The molecule has 1 aromatic heterocycles. The molecule has 0 aliphatic heterocycles. The van der Waals surface area contributed by atoms with Crippen molar-refractivity contribution in [1.82, 2.24) is 9.88 Å². The molecule has 0 unspecified atom stereocenters. The Bertz CT molecular complexity index is 1310. The first-order valence-corrected chi connectivity index (χ1v) is 11.4. The highest BCUT2D eigenvalue weighted by molar-refractivity contribution is 7.07. The monoisotopic (exact) mass is 467 g/mol. The summed E-state index contributed by atoms with van der Waals surface area (Å²) in [7, 11) is 0. The molecule has 33 heavy (non-hydrogen) atoms. The molecule has 3 rings (SSSR count). The first-order valence-electron chi connectivity index (χ1n) is 10.5. The van der Waals surface area contributed by atoms with Crippen LogP contribution in [0.2, 0.25) is 0 Å². The Balaban J connectivity index is 1.98. The molecule has 0 saturated heterocycles. The number of thiazole rings is 1. The number of aryl methyl sites for hydroxylation is 1. The number of aromatic nitrogens is 1. The Labute approximate surface area is 195 Å². The third-order valence-electron chi connectivity index (χ3n) is 4.69. The van der Waals surface area contributed by atoms with Crippen LogP contribution in [0.15, 0.2) is 53.3 Å². The second-order valence-corrected chi connectivity index (χ2v) is 9.15. The lowest BCUT2D eigenvalue weighted by molar-refractivity contribution is -0.122. The highest BCUT2D eigenvalue weighted by Crippen LogP contribution is 2.08. The lowest BCUT2D eigenvalue weighted by Gasteiger charge is -2.08. The molecule has 0 atom stereocenters. The Kier molecular flexibility index (Phi) is 7.95. The summed E-state index contributed by atoms with van der Waals surface area (Å²) >= 11 is 1.10. The third kappa shape index (κ3) is 6.98. The molecule has 0 saturated carbocycles. The Morgan fingerprint density at radius 3 is 2.39 bits per heavy atom. The quantitative estimate of drug-likeness (QED) is 0.560. The van der Waals surface area contributed by atoms with Crippen molar-refractivity contribution < 1.29 is 14.0 Å². The van der Waals surface area contributed by atoms with Crippen molar-refractivity contribution in [2.45, 2.75) is 27.3 Å². The van der Waals surface area contributed by atoms with Crippen molar-refractivity contribution in [1.29, 1.82) is 0 Å². The lowest BCUT2D eigenvalue weighted by Crippen LogP contribution is -2.39. The van der Waals surface area contributed by atoms with Crippen LogP contribution in [-0.2, 0) is 16.1 Å². The SMILES string of the molecule is Cc1ccc(NC(=O)/C=c2\s/c(=C\c3ccc(F)cc3)c(=O)n2CC(=O)NCC(C)C)cc1. The number of hydrogen-bond acceptors (Lipinski definition) is 4. The summed E-state index contributed by atoms with van der Waals surface area (Å²) in [6.07, 6.45) is 2.92. The summed E-state index contributed by atoms with van der Waals surface area (Å²) in [5.74, 6) is -0.837. The molecule has 0 aliphatic rings. The lowest BCUT2D eigenvalue weighted by atomic mass is 10.2. The maximum Gasteiger partial charge on any atom is 0.269 e. The van der Waals surface area contributed by atoms with Gasteiger partial charge in [0.05, 0.1) is 4.53 Å². The molecule has 0 fully saturated rings. The van der Waals surface area contributed by atoms with Gasteiger partial charge in [0.1, 0.15) is 17.0 Å². The molecule has 0 radical (unpaired) electrons. The van der Waals surface area contributed by atoms with Crippen molar-refractivity contribution in [2.75, 3.05) is 11.9 Å². The topological polar surface area (TPSA) is 80.2 Å². The van der Waals surface area contributed by atoms with Crippen LogP contribution in [0.3, 0.4) is 0 Å². The molecule has 1 heterocycles. The predicted molar refractivity (Wildman–Crippen MR) is 130 cm³/mol. The number of rotatable bonds is 7. The summed E-state index contributed by atoms with van der Waals surface area (Å²) in [6.45, 7) is 6.18. The minimum atomic E-state index is -0.412. The molecule has 2 N–H and O–H groups in total. The summed E-state index contributed by atoms with van der Waals surface area (Å²) < 4.78 is 15.2. The van der Waals surface area contributed by atoms with Crippen molar-refractivity contribution in [3.8, 4) is 0 Å². The molecule has 8 heteroatoms. The number of carbonyl (C=O) groups is 2. The number of benzene rings is 2. The number of nitrogens with zero attached hydrogens (tertiary/aromatic N) is 1. The third-order valence-corrected chi connectivity index (χ3v) is 5.75. The zero-order valence-corrected chi connectivity index (χ0v) is 19.5. The maximum absolute atomic E-state index is 13.2. The fourth-order valence-corrected chi connectivity index (χ4v) is 3.99. The van der Waals surface area contributed by atoms with Gasteiger partial charge >= 0.3 is 0 Å². The number of nitrogens with one attached hydrogen (secondary N) is 2. The van der Waals surface area contributed by atoms with Gasteiger partial charge in [-0.1, -0.05) is 43.7 Å². The van der Waals surface area contributed by atoms with Crippen LogP contribution in [0, 0.1) is 18.7 Å². The number of amides is 2. The van der Waals surface area contributed by atoms with Crippen molar-refractivity contribution in [3.63, 3.8) is 0 Å². The van der Waals surface area contributed by atoms with Crippen LogP contribution in [0.5, 0.6) is 0 Å². The molecule has 2 amide bonds. The molecule has 172 valence electrons. The zero-order chi connectivity index (χ0) is 24.0. The predicted octanol–water partition coefficient (Wildman–Crippen LogP) is 2.38. The van der Waals surface area contributed by atoms with E-state index < -0.39 is 11.5 Å². The Morgan fingerprint density at radius 1 is 1.09 bits per heavy atom. The fraction of sp³-hybridized carbons (Fsp3) is 0.240. The van der Waals surface area contributed by atoms with E-state index in [2.05, 4.69) is 10.6 Å². The molecule has 0 bridgehead atoms. The van der Waals surface area contributed by atoms with Crippen LogP contribution in [0.25, 0.3) is 12.2 Å². The van der Waals surface area contributed by atoms with E-state index in [0.29, 0.717) is 27.0 Å². The van der Waals surface area contributed by atoms with Crippen LogP contribution in [0.1, 0.15) is 25.0 Å². The summed E-state index contributed by atoms with van der Waals surface area (Å²) in [4.78, 5) is 38.1. The average molecular weight is 468 g/mol. The number of hydrogen-bond donors (Lipinski definition) is 2. The Morgan fingerprint density at radius 2 is 1.76 bits per heavy atom. The van der Waals surface area contributed by atoms with Crippen LogP contribution < -0.4 is 25.4 Å². The fourth-order valence-electron chi connectivity index (χ4n) is 2.95. The summed E-state index contributed by atoms with van der Waals surface area (Å²) in [5.41, 5.74) is 1.94. The van der Waals surface area contributed by atoms with E-state index in [-0.39, 0.29) is 24.2 Å². The van der Waals surface area contributed by atoms with Gasteiger partial charge in [-0.05, 0) is 48.7 Å². The number of halogens is 1. The van der Waals surface area contributed by atoms with Gasteiger partial charge in [0, 0.05) is 18.3 Å². The molecule has 6 nitrogen and oxygen atoms in total. The summed E-state index contributed by atoms with van der Waals surface area (Å²) in [6, 6.07) is 13.1. The van der Waals surface area contributed by atoms with E-state index in [0.717, 1.165) is 16.9 Å². The van der Waals surface area contributed by atoms with Gasteiger partial charge in [-0.3, -0.25) is 19.0 Å². The van der Waals surface area contributed by atoms with E-state index in [1.54, 1.807) is 30.3 Å². The van der Waals surface area contributed by atoms with E-state index in [4.69, 9.17) is 0 Å². The van der Waals surface area contributed by atoms with E-state index in [9.17, 15) is 18.8 Å². The maximum atomic E-state index is 13.2. The highest BCUT2D eigenvalue weighted by atomic mass is 32.1. The molecule has 0 aliphatic carbocycles. The standard InChI is InChI=1S/C25H26FN3O3S/c1-16(2)14-27-23(31)15-29-24(13-22(30)28-20-10-4-17(3)5-11-20)33-21(25(29)32)12-18-6-8-19(26)9-7-18/h4-13,16H,14-15H2,1-3H3,(H,27,31)(H,28,30)/b21-12-,24-13-. The second-order valence-electron chi connectivity index (χ2n) is 8.09. The normalized spacial score (nSPS) is 12.3. The minimum absolute atomic E-state index is 0.205. The van der Waals surface area contributed by atoms with Gasteiger partial charge in [-0.2, -0.15) is 0 Å². The van der Waals surface area contributed by atoms with Gasteiger partial charge in [-0.25, -0.2) is 4.39 Å². The first-order chi connectivity index (χ1) is 15.7. The molecule has 0 spiro atoms. The van der Waals surface area contributed by atoms with Crippen LogP contribution >= 0.6 is 11.3 Å².